The van der Waals surface area contributed by atoms with Crippen molar-refractivity contribution in [2.75, 3.05) is 6.54 Å². The molecule has 1 aliphatic rings. The van der Waals surface area contributed by atoms with Crippen molar-refractivity contribution in [3.05, 3.63) is 24.2 Å². The van der Waals surface area contributed by atoms with Crippen LogP contribution in [0.25, 0.3) is 0 Å². The highest BCUT2D eigenvalue weighted by Gasteiger charge is 2.33. The van der Waals surface area contributed by atoms with Crippen LogP contribution in [0, 0.1) is 0 Å². The first-order valence-electron chi connectivity index (χ1n) is 8.73. The number of piperidine rings is 1. The Bertz CT molecular complexity index is 589. The maximum absolute atomic E-state index is 12.6. The summed E-state index contributed by atoms with van der Waals surface area (Å²) in [7, 11) is 0. The van der Waals surface area contributed by atoms with E-state index in [0.29, 0.717) is 0 Å². The second kappa shape index (κ2) is 8.69. The number of esters is 1. The minimum atomic E-state index is -0.823. The van der Waals surface area contributed by atoms with Crippen LogP contribution in [-0.2, 0) is 14.3 Å². The lowest BCUT2D eigenvalue weighted by Crippen LogP contribution is -2.51. The van der Waals surface area contributed by atoms with Gasteiger partial charge in [-0.25, -0.2) is 0 Å². The minimum absolute atomic E-state index is 0.00479. The smallest absolute Gasteiger partial charge is 0.308 e. The molecule has 0 saturated carbocycles. The van der Waals surface area contributed by atoms with Crippen LogP contribution in [-0.4, -0.2) is 47.4 Å². The van der Waals surface area contributed by atoms with Crippen molar-refractivity contribution in [2.45, 2.75) is 64.6 Å². The van der Waals surface area contributed by atoms with Gasteiger partial charge in [-0.3, -0.25) is 14.4 Å². The van der Waals surface area contributed by atoms with Gasteiger partial charge in [-0.05, 0) is 52.2 Å². The molecule has 0 aromatic carbocycles. The summed E-state index contributed by atoms with van der Waals surface area (Å²) >= 11 is 0. The van der Waals surface area contributed by atoms with E-state index in [4.69, 9.17) is 9.15 Å². The average molecular weight is 350 g/mol. The van der Waals surface area contributed by atoms with Crippen LogP contribution in [0.15, 0.2) is 22.8 Å². The monoisotopic (exact) mass is 350 g/mol. The van der Waals surface area contributed by atoms with Crippen molar-refractivity contribution >= 4 is 17.8 Å². The number of ether oxygens (including phenoxy) is 1. The fraction of sp³-hybridized carbons (Fsp3) is 0.611. The molecule has 1 fully saturated rings. The molecule has 1 aromatic rings. The SMILES string of the molecule is C[C@@H]1CCC[C@H](C)N1C(=O)[C@@H](C)OC(=O)CCNC(=O)c1ccco1. The van der Waals surface area contributed by atoms with Gasteiger partial charge in [0.25, 0.3) is 11.8 Å². The minimum Gasteiger partial charge on any atom is -0.459 e. The Balaban J connectivity index is 1.75. The number of nitrogens with zero attached hydrogens (tertiary/aromatic N) is 1. The van der Waals surface area contributed by atoms with Gasteiger partial charge < -0.3 is 19.4 Å². The first kappa shape index (κ1) is 19.0. The van der Waals surface area contributed by atoms with E-state index in [1.807, 2.05) is 18.7 Å². The fourth-order valence-corrected chi connectivity index (χ4v) is 3.15. The fourth-order valence-electron chi connectivity index (χ4n) is 3.15. The van der Waals surface area contributed by atoms with Crippen molar-refractivity contribution in [1.82, 2.24) is 10.2 Å². The highest BCUT2D eigenvalue weighted by atomic mass is 16.5. The van der Waals surface area contributed by atoms with Crippen molar-refractivity contribution in [3.8, 4) is 0 Å². The van der Waals surface area contributed by atoms with Crippen molar-refractivity contribution in [3.63, 3.8) is 0 Å². The molecule has 7 heteroatoms. The van der Waals surface area contributed by atoms with Crippen LogP contribution in [0.3, 0.4) is 0 Å². The van der Waals surface area contributed by atoms with Crippen molar-refractivity contribution in [1.29, 1.82) is 0 Å². The first-order valence-corrected chi connectivity index (χ1v) is 8.73. The molecule has 0 unspecified atom stereocenters. The summed E-state index contributed by atoms with van der Waals surface area (Å²) in [6.45, 7) is 5.75. The molecule has 0 aliphatic carbocycles. The van der Waals surface area contributed by atoms with E-state index in [-0.39, 0.29) is 36.7 Å². The number of amides is 2. The largest absolute Gasteiger partial charge is 0.459 e. The van der Waals surface area contributed by atoms with E-state index in [2.05, 4.69) is 5.32 Å². The average Bonchev–Trinajstić information content (AvgIpc) is 3.08. The highest BCUT2D eigenvalue weighted by molar-refractivity contribution is 5.91. The molecule has 2 heterocycles. The number of hydrogen-bond acceptors (Lipinski definition) is 5. The van der Waals surface area contributed by atoms with Gasteiger partial charge in [-0.2, -0.15) is 0 Å². The zero-order valence-electron chi connectivity index (χ0n) is 15.0. The third-order valence-electron chi connectivity index (χ3n) is 4.46. The molecule has 0 bridgehead atoms. The summed E-state index contributed by atoms with van der Waals surface area (Å²) in [5.74, 6) is -0.881. The van der Waals surface area contributed by atoms with Crippen LogP contribution >= 0.6 is 0 Å². The number of nitrogens with one attached hydrogen (secondary N) is 1. The molecule has 1 aliphatic heterocycles. The van der Waals surface area contributed by atoms with Crippen LogP contribution in [0.5, 0.6) is 0 Å². The summed E-state index contributed by atoms with van der Waals surface area (Å²) in [4.78, 5) is 38.0. The molecule has 25 heavy (non-hydrogen) atoms. The molecule has 0 radical (unpaired) electrons. The lowest BCUT2D eigenvalue weighted by Gasteiger charge is -2.40. The van der Waals surface area contributed by atoms with Gasteiger partial charge in [-0.15, -0.1) is 0 Å². The van der Waals surface area contributed by atoms with Crippen LogP contribution in [0.1, 0.15) is 57.0 Å². The second-order valence-electron chi connectivity index (χ2n) is 6.49. The summed E-state index contributed by atoms with van der Waals surface area (Å²) in [6.07, 6.45) is 3.62. The lowest BCUT2D eigenvalue weighted by molar-refractivity contribution is -0.162. The Morgan fingerprint density at radius 2 is 2.00 bits per heavy atom. The predicted octanol–water partition coefficient (Wildman–Crippen LogP) is 2.12. The Labute approximate surface area is 147 Å². The van der Waals surface area contributed by atoms with E-state index < -0.39 is 18.0 Å². The molecule has 3 atom stereocenters. The van der Waals surface area contributed by atoms with E-state index in [0.717, 1.165) is 19.3 Å². The summed E-state index contributed by atoms with van der Waals surface area (Å²) in [5, 5.41) is 2.57. The Morgan fingerprint density at radius 3 is 2.60 bits per heavy atom. The van der Waals surface area contributed by atoms with Gasteiger partial charge >= 0.3 is 5.97 Å². The maximum atomic E-state index is 12.6. The number of carbonyl (C=O) groups excluding carboxylic acids is 3. The summed E-state index contributed by atoms with van der Waals surface area (Å²) < 4.78 is 10.2. The molecule has 1 aromatic heterocycles. The molecule has 0 spiro atoms. The third-order valence-corrected chi connectivity index (χ3v) is 4.46. The maximum Gasteiger partial charge on any atom is 0.308 e. The molecular formula is C18H26N2O5. The molecule has 138 valence electrons. The van der Waals surface area contributed by atoms with Crippen molar-refractivity contribution < 1.29 is 23.5 Å². The Morgan fingerprint density at radius 1 is 1.32 bits per heavy atom. The Hall–Kier alpha value is -2.31. The predicted molar refractivity (Wildman–Crippen MR) is 90.8 cm³/mol. The van der Waals surface area contributed by atoms with Crippen LogP contribution in [0.2, 0.25) is 0 Å². The standard InChI is InChI=1S/C18H26N2O5/c1-12-6-4-7-13(2)20(12)18(23)14(3)25-16(21)9-10-19-17(22)15-8-5-11-24-15/h5,8,11-14H,4,6-7,9-10H2,1-3H3,(H,19,22)/t12-,13+,14-/m1/s1. The van der Waals surface area contributed by atoms with Crippen LogP contribution in [0.4, 0.5) is 0 Å². The second-order valence-corrected chi connectivity index (χ2v) is 6.49. The third kappa shape index (κ3) is 5.08. The number of furan rings is 1. The van der Waals surface area contributed by atoms with E-state index in [1.54, 1.807) is 13.0 Å². The molecule has 2 rings (SSSR count). The molecule has 1 N–H and O–H groups in total. The summed E-state index contributed by atoms with van der Waals surface area (Å²) in [6, 6.07) is 3.46. The van der Waals surface area contributed by atoms with Gasteiger partial charge in [0.05, 0.1) is 12.7 Å². The van der Waals surface area contributed by atoms with Gasteiger partial charge in [0.2, 0.25) is 0 Å². The highest BCUT2D eigenvalue weighted by Crippen LogP contribution is 2.23. The van der Waals surface area contributed by atoms with E-state index in [9.17, 15) is 14.4 Å². The molecular weight excluding hydrogens is 324 g/mol. The molecule has 7 nitrogen and oxygen atoms in total. The zero-order valence-corrected chi connectivity index (χ0v) is 15.0. The lowest BCUT2D eigenvalue weighted by atomic mass is 9.97. The quantitative estimate of drug-likeness (QED) is 0.794. The zero-order chi connectivity index (χ0) is 18.4. The number of likely N-dealkylation sites (tertiary alicyclic amines) is 1. The molecule has 1 saturated heterocycles. The van der Waals surface area contributed by atoms with Crippen LogP contribution < -0.4 is 5.32 Å². The van der Waals surface area contributed by atoms with Gasteiger partial charge in [0.15, 0.2) is 11.9 Å². The Kier molecular flexibility index (Phi) is 6.61. The van der Waals surface area contributed by atoms with Crippen molar-refractivity contribution in [2.24, 2.45) is 0 Å². The topological polar surface area (TPSA) is 88.9 Å². The summed E-state index contributed by atoms with van der Waals surface area (Å²) in [5.41, 5.74) is 0. The van der Waals surface area contributed by atoms with E-state index in [1.165, 1.54) is 12.3 Å². The van der Waals surface area contributed by atoms with Gasteiger partial charge in [-0.1, -0.05) is 0 Å². The first-order chi connectivity index (χ1) is 11.9. The van der Waals surface area contributed by atoms with Gasteiger partial charge in [0, 0.05) is 18.6 Å². The van der Waals surface area contributed by atoms with E-state index >= 15 is 0 Å². The molecule has 2 amide bonds. The number of carbonyl (C=O) groups is 3. The normalized spacial score (nSPS) is 21.5. The van der Waals surface area contributed by atoms with Gasteiger partial charge in [0.1, 0.15) is 0 Å². The number of hydrogen-bond donors (Lipinski definition) is 1. The number of rotatable bonds is 6.